The monoisotopic (exact) mass is 312 g/mol. The van der Waals surface area contributed by atoms with E-state index in [1.165, 1.54) is 0 Å². The van der Waals surface area contributed by atoms with E-state index in [1.54, 1.807) is 0 Å². The zero-order chi connectivity index (χ0) is 16.4. The van der Waals surface area contributed by atoms with Gasteiger partial charge in [0.05, 0.1) is 30.3 Å². The van der Waals surface area contributed by atoms with E-state index in [2.05, 4.69) is 9.97 Å². The Morgan fingerprint density at radius 2 is 1.32 bits per heavy atom. The van der Waals surface area contributed by atoms with Gasteiger partial charge < -0.3 is 18.9 Å². The van der Waals surface area contributed by atoms with Crippen LogP contribution in [-0.2, 0) is 32.2 Å². The summed E-state index contributed by atoms with van der Waals surface area (Å²) in [5.41, 5.74) is 3.09. The van der Waals surface area contributed by atoms with Crippen LogP contribution in [0.1, 0.15) is 56.8 Å². The van der Waals surface area contributed by atoms with Gasteiger partial charge in [0.25, 0.3) is 0 Å². The van der Waals surface area contributed by atoms with E-state index in [1.807, 2.05) is 34.6 Å². The molecule has 22 heavy (non-hydrogen) atoms. The molecule has 0 aliphatic heterocycles. The average molecular weight is 312 g/mol. The van der Waals surface area contributed by atoms with E-state index in [4.69, 9.17) is 18.9 Å². The van der Waals surface area contributed by atoms with Crippen molar-refractivity contribution in [3.05, 3.63) is 22.8 Å². The van der Waals surface area contributed by atoms with Gasteiger partial charge in [0, 0.05) is 26.4 Å². The normalized spacial score (nSPS) is 11.4. The highest BCUT2D eigenvalue weighted by atomic mass is 16.7. The van der Waals surface area contributed by atoms with Crippen molar-refractivity contribution in [1.82, 2.24) is 9.97 Å². The van der Waals surface area contributed by atoms with Gasteiger partial charge in [-0.2, -0.15) is 0 Å². The highest BCUT2D eigenvalue weighted by Gasteiger charge is 2.21. The smallest absolute Gasteiger partial charge is 0.202 e. The summed E-state index contributed by atoms with van der Waals surface area (Å²) in [6.07, 6.45) is -0.529. The SMILES string of the molecule is CCOCc1nc(C(OCC)OCC)c(COCC)nc1C. The van der Waals surface area contributed by atoms with Gasteiger partial charge in [-0.15, -0.1) is 0 Å². The number of rotatable bonds is 11. The van der Waals surface area contributed by atoms with Gasteiger partial charge in [-0.3, -0.25) is 4.98 Å². The molecule has 1 aromatic heterocycles. The first-order valence-corrected chi connectivity index (χ1v) is 7.92. The molecule has 6 nitrogen and oxygen atoms in total. The van der Waals surface area contributed by atoms with Crippen molar-refractivity contribution >= 4 is 0 Å². The molecule has 1 aromatic rings. The van der Waals surface area contributed by atoms with E-state index in [0.717, 1.165) is 17.1 Å². The Hall–Kier alpha value is -1.08. The van der Waals surface area contributed by atoms with Gasteiger partial charge in [-0.25, -0.2) is 4.98 Å². The molecule has 1 rings (SSSR count). The fraction of sp³-hybridized carbons (Fsp3) is 0.750. The lowest BCUT2D eigenvalue weighted by atomic mass is 10.2. The van der Waals surface area contributed by atoms with Crippen LogP contribution in [0.2, 0.25) is 0 Å². The van der Waals surface area contributed by atoms with Gasteiger partial charge >= 0.3 is 0 Å². The third-order valence-electron chi connectivity index (χ3n) is 3.02. The van der Waals surface area contributed by atoms with Crippen LogP contribution in [0.15, 0.2) is 0 Å². The van der Waals surface area contributed by atoms with E-state index in [0.29, 0.717) is 45.3 Å². The minimum Gasteiger partial charge on any atom is -0.375 e. The molecular weight excluding hydrogens is 284 g/mol. The van der Waals surface area contributed by atoms with Crippen molar-refractivity contribution < 1.29 is 18.9 Å². The zero-order valence-electron chi connectivity index (χ0n) is 14.3. The standard InChI is InChI=1S/C16H28N2O4/c1-6-19-10-13-12(5)17-14(11-20-7-2)15(18-13)16(21-8-3)22-9-4/h16H,6-11H2,1-5H3. The molecule has 6 heteroatoms. The van der Waals surface area contributed by atoms with Crippen LogP contribution in [-0.4, -0.2) is 36.4 Å². The fourth-order valence-corrected chi connectivity index (χ4v) is 1.95. The Labute approximate surface area is 133 Å². The Morgan fingerprint density at radius 3 is 1.82 bits per heavy atom. The number of ether oxygens (including phenoxy) is 4. The number of nitrogens with zero attached hydrogens (tertiary/aromatic N) is 2. The number of hydrogen-bond donors (Lipinski definition) is 0. The molecule has 0 fully saturated rings. The highest BCUT2D eigenvalue weighted by Crippen LogP contribution is 2.22. The van der Waals surface area contributed by atoms with E-state index >= 15 is 0 Å². The number of hydrogen-bond acceptors (Lipinski definition) is 6. The van der Waals surface area contributed by atoms with Crippen molar-refractivity contribution in [3.8, 4) is 0 Å². The summed E-state index contributed by atoms with van der Waals surface area (Å²) in [5, 5.41) is 0. The first-order chi connectivity index (χ1) is 10.7. The molecule has 0 bridgehead atoms. The Balaban J connectivity index is 3.14. The molecule has 126 valence electrons. The predicted octanol–water partition coefficient (Wildman–Crippen LogP) is 2.93. The van der Waals surface area contributed by atoms with Gasteiger partial charge in [0.1, 0.15) is 5.69 Å². The molecule has 0 aliphatic rings. The first-order valence-electron chi connectivity index (χ1n) is 7.92. The van der Waals surface area contributed by atoms with Crippen LogP contribution in [0.25, 0.3) is 0 Å². The van der Waals surface area contributed by atoms with Crippen molar-refractivity contribution in [1.29, 1.82) is 0 Å². The van der Waals surface area contributed by atoms with Gasteiger partial charge in [-0.05, 0) is 34.6 Å². The van der Waals surface area contributed by atoms with Crippen LogP contribution < -0.4 is 0 Å². The number of aryl methyl sites for hydroxylation is 1. The Kier molecular flexibility index (Phi) is 9.15. The third kappa shape index (κ3) is 5.61. The van der Waals surface area contributed by atoms with Gasteiger partial charge in [0.2, 0.25) is 6.29 Å². The minimum atomic E-state index is -0.529. The molecule has 0 spiro atoms. The molecular formula is C16H28N2O4. The molecule has 1 heterocycles. The molecule has 0 saturated heterocycles. The summed E-state index contributed by atoms with van der Waals surface area (Å²) in [5.74, 6) is 0. The van der Waals surface area contributed by atoms with Crippen molar-refractivity contribution in [2.45, 2.75) is 54.1 Å². The number of aromatic nitrogens is 2. The van der Waals surface area contributed by atoms with E-state index < -0.39 is 6.29 Å². The molecule has 0 amide bonds. The van der Waals surface area contributed by atoms with Crippen LogP contribution in [0.3, 0.4) is 0 Å². The van der Waals surface area contributed by atoms with Gasteiger partial charge in [0.15, 0.2) is 0 Å². The zero-order valence-corrected chi connectivity index (χ0v) is 14.3. The summed E-state index contributed by atoms with van der Waals surface area (Å²) in [6.45, 7) is 12.8. The van der Waals surface area contributed by atoms with Gasteiger partial charge in [-0.1, -0.05) is 0 Å². The second-order valence-corrected chi connectivity index (χ2v) is 4.60. The summed E-state index contributed by atoms with van der Waals surface area (Å²) < 4.78 is 22.3. The molecule has 0 atom stereocenters. The molecule has 0 saturated carbocycles. The molecule has 0 radical (unpaired) electrons. The van der Waals surface area contributed by atoms with Crippen molar-refractivity contribution in [2.24, 2.45) is 0 Å². The fourth-order valence-electron chi connectivity index (χ4n) is 1.95. The first kappa shape index (κ1) is 19.0. The highest BCUT2D eigenvalue weighted by molar-refractivity contribution is 5.20. The summed E-state index contributed by atoms with van der Waals surface area (Å²) >= 11 is 0. The quantitative estimate of drug-likeness (QED) is 0.585. The van der Waals surface area contributed by atoms with Crippen molar-refractivity contribution in [3.63, 3.8) is 0 Å². The third-order valence-corrected chi connectivity index (χ3v) is 3.02. The predicted molar refractivity (Wildman–Crippen MR) is 83.4 cm³/mol. The lowest BCUT2D eigenvalue weighted by Crippen LogP contribution is -2.18. The van der Waals surface area contributed by atoms with E-state index in [9.17, 15) is 0 Å². The largest absolute Gasteiger partial charge is 0.375 e. The molecule has 0 aromatic carbocycles. The second-order valence-electron chi connectivity index (χ2n) is 4.60. The summed E-state index contributed by atoms with van der Waals surface area (Å²) in [6, 6.07) is 0. The second kappa shape index (κ2) is 10.6. The van der Waals surface area contributed by atoms with Crippen LogP contribution in [0, 0.1) is 6.92 Å². The molecule has 0 unspecified atom stereocenters. The maximum Gasteiger partial charge on any atom is 0.202 e. The van der Waals surface area contributed by atoms with Crippen LogP contribution >= 0.6 is 0 Å². The lowest BCUT2D eigenvalue weighted by Gasteiger charge is -2.20. The summed E-state index contributed by atoms with van der Waals surface area (Å²) in [7, 11) is 0. The van der Waals surface area contributed by atoms with Crippen LogP contribution in [0.4, 0.5) is 0 Å². The minimum absolute atomic E-state index is 0.394. The van der Waals surface area contributed by atoms with E-state index in [-0.39, 0.29) is 0 Å². The lowest BCUT2D eigenvalue weighted by molar-refractivity contribution is -0.144. The van der Waals surface area contributed by atoms with Crippen molar-refractivity contribution in [2.75, 3.05) is 26.4 Å². The summed E-state index contributed by atoms with van der Waals surface area (Å²) in [4.78, 5) is 9.30. The molecule has 0 aliphatic carbocycles. The maximum absolute atomic E-state index is 5.67. The Morgan fingerprint density at radius 1 is 0.773 bits per heavy atom. The maximum atomic E-state index is 5.67. The molecule has 0 N–H and O–H groups in total. The average Bonchev–Trinajstić information content (AvgIpc) is 2.51. The topological polar surface area (TPSA) is 62.7 Å². The Bertz CT molecular complexity index is 434. The van der Waals surface area contributed by atoms with Crippen LogP contribution in [0.5, 0.6) is 0 Å².